The molecule has 0 aliphatic heterocycles. The minimum absolute atomic E-state index is 0.0435. The third kappa shape index (κ3) is 3.10. The second-order valence-electron chi connectivity index (χ2n) is 4.71. The van der Waals surface area contributed by atoms with Gasteiger partial charge in [0.2, 0.25) is 0 Å². The molecular weight excluding hydrogens is 246 g/mol. The van der Waals surface area contributed by atoms with Crippen LogP contribution in [0.15, 0.2) is 24.4 Å². The molecule has 1 heterocycles. The van der Waals surface area contributed by atoms with Crippen LogP contribution in [0.4, 0.5) is 0 Å². The fourth-order valence-electron chi connectivity index (χ4n) is 2.09. The van der Waals surface area contributed by atoms with Crippen LogP contribution < -0.4 is 0 Å². The van der Waals surface area contributed by atoms with Gasteiger partial charge in [-0.25, -0.2) is 4.68 Å². The molecule has 0 bridgehead atoms. The quantitative estimate of drug-likeness (QED) is 0.789. The highest BCUT2D eigenvalue weighted by molar-refractivity contribution is 6.20. The summed E-state index contributed by atoms with van der Waals surface area (Å²) in [5, 5.41) is 8.19. The molecule has 96 valence electrons. The van der Waals surface area contributed by atoms with E-state index in [0.29, 0.717) is 0 Å². The first-order valence-corrected chi connectivity index (χ1v) is 6.63. The molecule has 1 unspecified atom stereocenters. The Bertz CT molecular complexity index is 513. The molecule has 18 heavy (non-hydrogen) atoms. The lowest BCUT2D eigenvalue weighted by atomic mass is 10.1. The summed E-state index contributed by atoms with van der Waals surface area (Å²) in [7, 11) is 0. The first-order chi connectivity index (χ1) is 8.58. The van der Waals surface area contributed by atoms with E-state index in [1.54, 1.807) is 0 Å². The van der Waals surface area contributed by atoms with Crippen molar-refractivity contribution in [2.24, 2.45) is 0 Å². The number of aromatic nitrogens is 3. The van der Waals surface area contributed by atoms with Crippen molar-refractivity contribution in [1.82, 2.24) is 15.0 Å². The average Bonchev–Trinajstić information content (AvgIpc) is 2.75. The largest absolute Gasteiger partial charge is 0.248 e. The Labute approximate surface area is 113 Å². The number of halogens is 1. The van der Waals surface area contributed by atoms with Crippen molar-refractivity contribution >= 4 is 11.6 Å². The summed E-state index contributed by atoms with van der Waals surface area (Å²) >= 11 is 6.14. The summed E-state index contributed by atoms with van der Waals surface area (Å²) in [6.45, 7) is 6.99. The molecule has 0 saturated carbocycles. The van der Waals surface area contributed by atoms with Gasteiger partial charge in [-0.1, -0.05) is 41.5 Å². The van der Waals surface area contributed by atoms with Gasteiger partial charge in [-0.3, -0.25) is 0 Å². The Kier molecular flexibility index (Phi) is 4.02. The van der Waals surface area contributed by atoms with E-state index >= 15 is 0 Å². The van der Waals surface area contributed by atoms with Crippen LogP contribution >= 0.6 is 11.6 Å². The number of hydrogen-bond acceptors (Lipinski definition) is 2. The maximum absolute atomic E-state index is 6.14. The van der Waals surface area contributed by atoms with Crippen LogP contribution in [0, 0.1) is 13.8 Å². The predicted molar refractivity (Wildman–Crippen MR) is 73.9 cm³/mol. The highest BCUT2D eigenvalue weighted by Gasteiger charge is 2.10. The van der Waals surface area contributed by atoms with Crippen molar-refractivity contribution in [3.05, 3.63) is 46.8 Å². The predicted octanol–water partition coefficient (Wildman–Crippen LogP) is 3.63. The second-order valence-corrected chi connectivity index (χ2v) is 5.24. The van der Waals surface area contributed by atoms with E-state index in [1.807, 2.05) is 17.8 Å². The number of benzene rings is 1. The van der Waals surface area contributed by atoms with Crippen LogP contribution in [-0.4, -0.2) is 15.0 Å². The van der Waals surface area contributed by atoms with Gasteiger partial charge in [-0.15, -0.1) is 16.7 Å². The topological polar surface area (TPSA) is 30.7 Å². The van der Waals surface area contributed by atoms with Crippen LogP contribution in [-0.2, 0) is 6.54 Å². The standard InChI is InChI=1S/C14H18ClN3/c1-4-13(15)14-9-18(17-16-14)8-12-6-10(2)5-11(3)7-12/h5-7,9,13H,4,8H2,1-3H3. The minimum atomic E-state index is -0.0435. The molecule has 3 nitrogen and oxygen atoms in total. The highest BCUT2D eigenvalue weighted by Crippen LogP contribution is 2.21. The summed E-state index contributed by atoms with van der Waals surface area (Å²) in [6, 6.07) is 6.51. The normalized spacial score (nSPS) is 12.7. The Balaban J connectivity index is 2.16. The number of alkyl halides is 1. The fraction of sp³-hybridized carbons (Fsp3) is 0.429. The lowest BCUT2D eigenvalue weighted by Gasteiger charge is -2.04. The molecule has 0 aliphatic carbocycles. The van der Waals surface area contributed by atoms with E-state index in [4.69, 9.17) is 11.6 Å². The Morgan fingerprint density at radius 2 is 1.89 bits per heavy atom. The van der Waals surface area contributed by atoms with E-state index in [-0.39, 0.29) is 5.38 Å². The average molecular weight is 264 g/mol. The molecule has 1 atom stereocenters. The molecule has 1 aromatic heterocycles. The third-order valence-corrected chi connectivity index (χ3v) is 3.39. The number of rotatable bonds is 4. The van der Waals surface area contributed by atoms with Gasteiger partial charge < -0.3 is 0 Å². The summed E-state index contributed by atoms with van der Waals surface area (Å²) in [4.78, 5) is 0. The van der Waals surface area contributed by atoms with E-state index in [0.717, 1.165) is 18.7 Å². The molecule has 2 rings (SSSR count). The van der Waals surface area contributed by atoms with Gasteiger partial charge in [0.1, 0.15) is 5.69 Å². The maximum atomic E-state index is 6.14. The summed E-state index contributed by atoms with van der Waals surface area (Å²) in [5.74, 6) is 0. The molecule has 0 amide bonds. The van der Waals surface area contributed by atoms with Crippen LogP contribution in [0.2, 0.25) is 0 Å². The molecule has 0 radical (unpaired) electrons. The van der Waals surface area contributed by atoms with E-state index < -0.39 is 0 Å². The summed E-state index contributed by atoms with van der Waals surface area (Å²) in [6.07, 6.45) is 2.79. The minimum Gasteiger partial charge on any atom is -0.248 e. The highest BCUT2D eigenvalue weighted by atomic mass is 35.5. The van der Waals surface area contributed by atoms with Crippen LogP contribution in [0.3, 0.4) is 0 Å². The molecule has 0 N–H and O–H groups in total. The smallest absolute Gasteiger partial charge is 0.101 e. The van der Waals surface area contributed by atoms with Crippen molar-refractivity contribution in [2.45, 2.75) is 39.1 Å². The molecule has 0 saturated heterocycles. The Hall–Kier alpha value is -1.35. The third-order valence-electron chi connectivity index (χ3n) is 2.86. The van der Waals surface area contributed by atoms with E-state index in [9.17, 15) is 0 Å². The molecule has 0 spiro atoms. The monoisotopic (exact) mass is 263 g/mol. The Morgan fingerprint density at radius 1 is 1.22 bits per heavy atom. The van der Waals surface area contributed by atoms with Crippen molar-refractivity contribution < 1.29 is 0 Å². The van der Waals surface area contributed by atoms with E-state index in [1.165, 1.54) is 16.7 Å². The van der Waals surface area contributed by atoms with E-state index in [2.05, 4.69) is 42.4 Å². The number of aryl methyl sites for hydroxylation is 2. The van der Waals surface area contributed by atoms with Gasteiger partial charge in [0.05, 0.1) is 18.1 Å². The van der Waals surface area contributed by atoms with Crippen LogP contribution in [0.25, 0.3) is 0 Å². The van der Waals surface area contributed by atoms with Gasteiger partial charge in [-0.2, -0.15) is 0 Å². The van der Waals surface area contributed by atoms with Crippen molar-refractivity contribution in [1.29, 1.82) is 0 Å². The first kappa shape index (κ1) is 13.1. The number of hydrogen-bond donors (Lipinski definition) is 0. The zero-order chi connectivity index (χ0) is 13.1. The zero-order valence-corrected chi connectivity index (χ0v) is 11.8. The Morgan fingerprint density at radius 3 is 2.50 bits per heavy atom. The number of nitrogens with zero attached hydrogens (tertiary/aromatic N) is 3. The van der Waals surface area contributed by atoms with Gasteiger partial charge in [0, 0.05) is 0 Å². The van der Waals surface area contributed by atoms with Gasteiger partial charge in [0.25, 0.3) is 0 Å². The zero-order valence-electron chi connectivity index (χ0n) is 11.0. The molecule has 1 aromatic carbocycles. The first-order valence-electron chi connectivity index (χ1n) is 6.19. The lowest BCUT2D eigenvalue weighted by molar-refractivity contribution is 0.648. The summed E-state index contributed by atoms with van der Waals surface area (Å²) in [5.41, 5.74) is 4.64. The van der Waals surface area contributed by atoms with Crippen molar-refractivity contribution in [3.63, 3.8) is 0 Å². The second kappa shape index (κ2) is 5.53. The lowest BCUT2D eigenvalue weighted by Crippen LogP contribution is -2.01. The molecular formula is C14H18ClN3. The molecule has 0 fully saturated rings. The molecule has 0 aliphatic rings. The van der Waals surface area contributed by atoms with Crippen LogP contribution in [0.5, 0.6) is 0 Å². The molecule has 2 aromatic rings. The van der Waals surface area contributed by atoms with Gasteiger partial charge in [-0.05, 0) is 25.8 Å². The summed E-state index contributed by atoms with van der Waals surface area (Å²) < 4.78 is 1.84. The van der Waals surface area contributed by atoms with Crippen LogP contribution in [0.1, 0.15) is 41.1 Å². The maximum Gasteiger partial charge on any atom is 0.101 e. The fourth-order valence-corrected chi connectivity index (χ4v) is 2.19. The van der Waals surface area contributed by atoms with Crippen molar-refractivity contribution in [2.75, 3.05) is 0 Å². The van der Waals surface area contributed by atoms with Gasteiger partial charge in [0.15, 0.2) is 0 Å². The van der Waals surface area contributed by atoms with Crippen molar-refractivity contribution in [3.8, 4) is 0 Å². The SMILES string of the molecule is CCC(Cl)c1cn(Cc2cc(C)cc(C)c2)nn1. The molecule has 4 heteroatoms. The van der Waals surface area contributed by atoms with Gasteiger partial charge >= 0.3 is 0 Å².